The Morgan fingerprint density at radius 3 is 2.17 bits per heavy atom. The normalized spacial score (nSPS) is 10.4. The number of hydrogen-bond acceptors (Lipinski definition) is 3. The van der Waals surface area contributed by atoms with Crippen LogP contribution in [0.5, 0.6) is 5.75 Å². The van der Waals surface area contributed by atoms with E-state index in [2.05, 4.69) is 10.6 Å². The average molecular weight is 384 g/mol. The molecule has 0 saturated carbocycles. The van der Waals surface area contributed by atoms with Crippen molar-refractivity contribution in [2.75, 3.05) is 17.7 Å². The molecule has 0 bridgehead atoms. The van der Waals surface area contributed by atoms with Gasteiger partial charge < -0.3 is 10.1 Å². The summed E-state index contributed by atoms with van der Waals surface area (Å²) in [6.07, 6.45) is 0. The summed E-state index contributed by atoms with van der Waals surface area (Å²) >= 11 is 0. The predicted octanol–water partition coefficient (Wildman–Crippen LogP) is 5.19. The van der Waals surface area contributed by atoms with Crippen molar-refractivity contribution in [1.29, 1.82) is 0 Å². The van der Waals surface area contributed by atoms with E-state index in [-0.39, 0.29) is 6.03 Å². The molecule has 0 aliphatic carbocycles. The maximum atomic E-state index is 12.5. The van der Waals surface area contributed by atoms with Crippen LogP contribution in [0.15, 0.2) is 91.0 Å². The molecule has 6 heteroatoms. The summed E-state index contributed by atoms with van der Waals surface area (Å²) in [5.41, 5.74) is 3.24. The van der Waals surface area contributed by atoms with E-state index in [0.717, 1.165) is 22.7 Å². The number of nitrogens with zero attached hydrogens (tertiary/aromatic N) is 2. The summed E-state index contributed by atoms with van der Waals surface area (Å²) in [5, 5.41) is 10.4. The van der Waals surface area contributed by atoms with Crippen LogP contribution >= 0.6 is 0 Å². The van der Waals surface area contributed by atoms with Gasteiger partial charge in [-0.25, -0.2) is 9.48 Å². The number of hydrogen-bond donors (Lipinski definition) is 2. The number of carbonyl (C=O) groups is 1. The largest absolute Gasteiger partial charge is 0.497 e. The van der Waals surface area contributed by atoms with Gasteiger partial charge in [-0.3, -0.25) is 5.32 Å². The van der Waals surface area contributed by atoms with Gasteiger partial charge in [-0.05, 0) is 36.4 Å². The third-order valence-corrected chi connectivity index (χ3v) is 4.37. The van der Waals surface area contributed by atoms with E-state index in [1.54, 1.807) is 11.8 Å². The van der Waals surface area contributed by atoms with Crippen molar-refractivity contribution in [2.45, 2.75) is 0 Å². The van der Waals surface area contributed by atoms with E-state index in [9.17, 15) is 4.79 Å². The molecule has 0 aliphatic rings. The number of methoxy groups -OCH3 is 1. The number of benzene rings is 3. The van der Waals surface area contributed by atoms with Crippen molar-refractivity contribution in [2.24, 2.45) is 0 Å². The van der Waals surface area contributed by atoms with Crippen molar-refractivity contribution in [3.63, 3.8) is 0 Å². The second-order valence-electron chi connectivity index (χ2n) is 6.34. The Hall–Kier alpha value is -4.06. The minimum absolute atomic E-state index is 0.342. The molecule has 6 nitrogen and oxygen atoms in total. The van der Waals surface area contributed by atoms with Gasteiger partial charge in [-0.2, -0.15) is 5.10 Å². The molecule has 144 valence electrons. The fraction of sp³-hybridized carbons (Fsp3) is 0.0435. The van der Waals surface area contributed by atoms with Gasteiger partial charge in [-0.15, -0.1) is 0 Å². The van der Waals surface area contributed by atoms with E-state index in [1.807, 2.05) is 91.0 Å². The minimum atomic E-state index is -0.342. The van der Waals surface area contributed by atoms with Crippen LogP contribution in [0.2, 0.25) is 0 Å². The van der Waals surface area contributed by atoms with Gasteiger partial charge in [0.25, 0.3) is 0 Å². The summed E-state index contributed by atoms with van der Waals surface area (Å²) in [6.45, 7) is 0. The molecule has 29 heavy (non-hydrogen) atoms. The number of urea groups is 1. The first-order valence-corrected chi connectivity index (χ1v) is 9.16. The van der Waals surface area contributed by atoms with Gasteiger partial charge in [0, 0.05) is 17.3 Å². The van der Waals surface area contributed by atoms with Crippen molar-refractivity contribution >= 4 is 17.5 Å². The zero-order valence-corrected chi connectivity index (χ0v) is 15.9. The lowest BCUT2D eigenvalue weighted by Crippen LogP contribution is -2.21. The third kappa shape index (κ3) is 4.27. The highest BCUT2D eigenvalue weighted by Gasteiger charge is 2.14. The average Bonchev–Trinajstić information content (AvgIpc) is 3.18. The van der Waals surface area contributed by atoms with Gasteiger partial charge >= 0.3 is 6.03 Å². The second-order valence-corrected chi connectivity index (χ2v) is 6.34. The lowest BCUT2D eigenvalue weighted by atomic mass is 10.2. The SMILES string of the molecule is COc1ccc(-n2nc(-c3ccccc3)cc2NC(=O)Nc2ccccc2)cc1. The van der Waals surface area contributed by atoms with Gasteiger partial charge in [0.2, 0.25) is 0 Å². The minimum Gasteiger partial charge on any atom is -0.497 e. The Bertz CT molecular complexity index is 1090. The highest BCUT2D eigenvalue weighted by atomic mass is 16.5. The van der Waals surface area contributed by atoms with Crippen molar-refractivity contribution in [1.82, 2.24) is 9.78 Å². The smallest absolute Gasteiger partial charge is 0.324 e. The van der Waals surface area contributed by atoms with Gasteiger partial charge in [-0.1, -0.05) is 48.5 Å². The molecule has 1 heterocycles. The van der Waals surface area contributed by atoms with Crippen LogP contribution in [0.3, 0.4) is 0 Å². The fourth-order valence-electron chi connectivity index (χ4n) is 2.94. The number of para-hydroxylation sites is 1. The van der Waals surface area contributed by atoms with Crippen LogP contribution in [0.4, 0.5) is 16.3 Å². The molecule has 4 rings (SSSR count). The summed E-state index contributed by atoms with van der Waals surface area (Å²) in [6, 6.07) is 28.1. The molecule has 3 aromatic carbocycles. The van der Waals surface area contributed by atoms with Crippen LogP contribution in [0.25, 0.3) is 16.9 Å². The molecule has 1 aromatic heterocycles. The van der Waals surface area contributed by atoms with Crippen LogP contribution in [-0.2, 0) is 0 Å². The first-order chi connectivity index (χ1) is 14.2. The molecule has 2 amide bonds. The Morgan fingerprint density at radius 2 is 1.52 bits per heavy atom. The first kappa shape index (κ1) is 18.3. The molecule has 0 unspecified atom stereocenters. The maximum Gasteiger partial charge on any atom is 0.324 e. The summed E-state index contributed by atoms with van der Waals surface area (Å²) < 4.78 is 6.93. The number of nitrogens with one attached hydrogen (secondary N) is 2. The summed E-state index contributed by atoms with van der Waals surface area (Å²) in [5.74, 6) is 1.31. The molecule has 0 aliphatic heterocycles. The van der Waals surface area contributed by atoms with Crippen molar-refractivity contribution < 1.29 is 9.53 Å². The number of carbonyl (C=O) groups excluding carboxylic acids is 1. The van der Waals surface area contributed by atoms with Gasteiger partial charge in [0.05, 0.1) is 18.5 Å². The molecule has 2 N–H and O–H groups in total. The van der Waals surface area contributed by atoms with Gasteiger partial charge in [0.1, 0.15) is 11.6 Å². The van der Waals surface area contributed by atoms with E-state index in [4.69, 9.17) is 9.84 Å². The predicted molar refractivity (Wildman–Crippen MR) is 115 cm³/mol. The number of ether oxygens (including phenoxy) is 1. The summed E-state index contributed by atoms with van der Waals surface area (Å²) in [7, 11) is 1.62. The number of rotatable bonds is 5. The number of amides is 2. The molecular formula is C23H20N4O2. The molecule has 0 saturated heterocycles. The molecule has 0 fully saturated rings. The van der Waals surface area contributed by atoms with E-state index >= 15 is 0 Å². The molecular weight excluding hydrogens is 364 g/mol. The van der Waals surface area contributed by atoms with Gasteiger partial charge in [0.15, 0.2) is 0 Å². The van der Waals surface area contributed by atoms with Crippen molar-refractivity contribution in [3.05, 3.63) is 91.0 Å². The van der Waals surface area contributed by atoms with Crippen LogP contribution < -0.4 is 15.4 Å². The lowest BCUT2D eigenvalue weighted by Gasteiger charge is -2.10. The lowest BCUT2D eigenvalue weighted by molar-refractivity contribution is 0.262. The fourth-order valence-corrected chi connectivity index (χ4v) is 2.94. The summed E-state index contributed by atoms with van der Waals surface area (Å²) in [4.78, 5) is 12.5. The van der Waals surface area contributed by atoms with Crippen molar-refractivity contribution in [3.8, 4) is 22.7 Å². The quantitative estimate of drug-likeness (QED) is 0.497. The van der Waals surface area contributed by atoms with E-state index in [1.165, 1.54) is 0 Å². The Kier molecular flexibility index (Phi) is 5.25. The Morgan fingerprint density at radius 1 is 0.862 bits per heavy atom. The van der Waals surface area contributed by atoms with Crippen LogP contribution in [0.1, 0.15) is 0 Å². The van der Waals surface area contributed by atoms with E-state index < -0.39 is 0 Å². The van der Waals surface area contributed by atoms with Crippen LogP contribution in [0, 0.1) is 0 Å². The zero-order chi connectivity index (χ0) is 20.1. The monoisotopic (exact) mass is 384 g/mol. The number of aromatic nitrogens is 2. The second kappa shape index (κ2) is 8.31. The maximum absolute atomic E-state index is 12.5. The van der Waals surface area contributed by atoms with Crippen LogP contribution in [-0.4, -0.2) is 22.9 Å². The molecule has 0 radical (unpaired) electrons. The zero-order valence-electron chi connectivity index (χ0n) is 15.9. The third-order valence-electron chi connectivity index (χ3n) is 4.37. The highest BCUT2D eigenvalue weighted by molar-refractivity contribution is 5.99. The standard InChI is InChI=1S/C23H20N4O2/c1-29-20-14-12-19(13-15-20)27-22(16-21(26-27)17-8-4-2-5-9-17)25-23(28)24-18-10-6-3-7-11-18/h2-16H,1H3,(H2,24,25,28). The molecule has 0 atom stereocenters. The van der Waals surface area contributed by atoms with E-state index in [0.29, 0.717) is 11.5 Å². The Balaban J connectivity index is 1.66. The first-order valence-electron chi connectivity index (χ1n) is 9.16. The number of anilines is 2. The molecule has 0 spiro atoms. The molecule has 4 aromatic rings. The highest BCUT2D eigenvalue weighted by Crippen LogP contribution is 2.26. The Labute approximate surface area is 168 Å². The topological polar surface area (TPSA) is 68.2 Å².